The molecule has 2 heterocycles. The molecule has 8 heteroatoms. The van der Waals surface area contributed by atoms with Gasteiger partial charge in [0.1, 0.15) is 0 Å². The van der Waals surface area contributed by atoms with Gasteiger partial charge in [-0.25, -0.2) is 4.79 Å². The van der Waals surface area contributed by atoms with Gasteiger partial charge in [-0.1, -0.05) is 29.8 Å². The van der Waals surface area contributed by atoms with Crippen LogP contribution in [0.3, 0.4) is 0 Å². The maximum Gasteiger partial charge on any atom is 0.331 e. The average Bonchev–Trinajstić information content (AvgIpc) is 3.26. The molecule has 0 saturated heterocycles. The van der Waals surface area contributed by atoms with E-state index in [0.29, 0.717) is 23.7 Å². The highest BCUT2D eigenvalue weighted by atomic mass is 35.5. The molecule has 1 unspecified atom stereocenters. The van der Waals surface area contributed by atoms with Crippen molar-refractivity contribution >= 4 is 29.4 Å². The molecule has 0 radical (unpaired) electrons. The fourth-order valence-corrected chi connectivity index (χ4v) is 4.56. The van der Waals surface area contributed by atoms with Crippen LogP contribution in [0.2, 0.25) is 5.02 Å². The Balaban J connectivity index is 1.64. The maximum absolute atomic E-state index is 12.7. The number of ketones is 1. The molecule has 0 N–H and O–H groups in total. The minimum atomic E-state index is -0.586. The summed E-state index contributed by atoms with van der Waals surface area (Å²) in [5.74, 6) is -0.826. The standard InChI is InChI=1S/C27H32ClN3O4/c1-17-13-24(21(5)31(17)18(2)15-34-6)26(32)16-35-27(33)12-11-23-19(3)29-30(20(23)4)14-22-9-7-8-10-25(22)28/h7-13,18H,14-16H2,1-6H3/b12-11+. The number of hydrogen-bond donors (Lipinski definition) is 0. The van der Waals surface area contributed by atoms with Crippen LogP contribution in [0.1, 0.15) is 57.2 Å². The number of halogens is 1. The number of carbonyl (C=O) groups is 2. The van der Waals surface area contributed by atoms with E-state index in [1.54, 1.807) is 13.2 Å². The fourth-order valence-electron chi connectivity index (χ4n) is 4.36. The first-order valence-electron chi connectivity index (χ1n) is 11.5. The predicted octanol–water partition coefficient (Wildman–Crippen LogP) is 5.27. The van der Waals surface area contributed by atoms with E-state index in [9.17, 15) is 9.59 Å². The average molecular weight is 498 g/mol. The zero-order valence-electron chi connectivity index (χ0n) is 21.1. The summed E-state index contributed by atoms with van der Waals surface area (Å²) in [6.45, 7) is 10.4. The third kappa shape index (κ3) is 6.10. The van der Waals surface area contributed by atoms with Gasteiger partial charge in [-0.05, 0) is 58.4 Å². The molecule has 3 aromatic rings. The number of esters is 1. The molecule has 7 nitrogen and oxygen atoms in total. The van der Waals surface area contributed by atoms with Crippen LogP contribution in [0.5, 0.6) is 0 Å². The van der Waals surface area contributed by atoms with Crippen LogP contribution in [-0.2, 0) is 20.8 Å². The van der Waals surface area contributed by atoms with E-state index in [2.05, 4.69) is 9.67 Å². The summed E-state index contributed by atoms with van der Waals surface area (Å²) in [7, 11) is 1.65. The number of nitrogens with zero attached hydrogens (tertiary/aromatic N) is 3. The topological polar surface area (TPSA) is 75.3 Å². The third-order valence-corrected chi connectivity index (χ3v) is 6.45. The van der Waals surface area contributed by atoms with Crippen molar-refractivity contribution in [1.29, 1.82) is 0 Å². The lowest BCUT2D eigenvalue weighted by molar-refractivity contribution is -0.136. The quantitative estimate of drug-likeness (QED) is 0.217. The fraction of sp³-hybridized carbons (Fsp3) is 0.370. The summed E-state index contributed by atoms with van der Waals surface area (Å²) in [6, 6.07) is 9.54. The molecule has 0 amide bonds. The van der Waals surface area contributed by atoms with E-state index in [4.69, 9.17) is 21.1 Å². The normalized spacial score (nSPS) is 12.3. The Morgan fingerprint density at radius 1 is 1.14 bits per heavy atom. The number of ether oxygens (including phenoxy) is 2. The summed E-state index contributed by atoms with van der Waals surface area (Å²) in [5, 5.41) is 5.26. The van der Waals surface area contributed by atoms with E-state index in [1.165, 1.54) is 6.08 Å². The maximum atomic E-state index is 12.7. The van der Waals surface area contributed by atoms with Gasteiger partial charge in [-0.15, -0.1) is 0 Å². The van der Waals surface area contributed by atoms with Crippen molar-refractivity contribution in [2.75, 3.05) is 20.3 Å². The Hall–Kier alpha value is -3.16. The number of carbonyl (C=O) groups excluding carboxylic acids is 2. The van der Waals surface area contributed by atoms with Crippen LogP contribution >= 0.6 is 11.6 Å². The second-order valence-corrected chi connectivity index (χ2v) is 9.06. The van der Waals surface area contributed by atoms with E-state index in [0.717, 1.165) is 33.9 Å². The second-order valence-electron chi connectivity index (χ2n) is 8.66. The van der Waals surface area contributed by atoms with Crippen molar-refractivity contribution in [3.05, 3.63) is 80.9 Å². The van der Waals surface area contributed by atoms with E-state index in [1.807, 2.05) is 69.6 Å². The molecule has 0 bridgehead atoms. The van der Waals surface area contributed by atoms with Crippen LogP contribution in [0.15, 0.2) is 36.4 Å². The van der Waals surface area contributed by atoms with Crippen LogP contribution in [0.25, 0.3) is 6.08 Å². The molecule has 3 rings (SSSR count). The highest BCUT2D eigenvalue weighted by Gasteiger charge is 2.19. The van der Waals surface area contributed by atoms with Crippen LogP contribution in [0.4, 0.5) is 0 Å². The Bertz CT molecular complexity index is 1260. The van der Waals surface area contributed by atoms with Crippen molar-refractivity contribution in [2.45, 2.75) is 47.2 Å². The first-order chi connectivity index (χ1) is 16.6. The molecular formula is C27H32ClN3O4. The smallest absolute Gasteiger partial charge is 0.331 e. The first-order valence-corrected chi connectivity index (χ1v) is 11.8. The van der Waals surface area contributed by atoms with Gasteiger partial charge in [-0.3, -0.25) is 9.48 Å². The first kappa shape index (κ1) is 26.4. The molecule has 0 aliphatic heterocycles. The van der Waals surface area contributed by atoms with Crippen molar-refractivity contribution in [3.63, 3.8) is 0 Å². The molecule has 0 fully saturated rings. The van der Waals surface area contributed by atoms with Crippen molar-refractivity contribution in [2.24, 2.45) is 0 Å². The van der Waals surface area contributed by atoms with Gasteiger partial charge in [0.2, 0.25) is 5.78 Å². The highest BCUT2D eigenvalue weighted by molar-refractivity contribution is 6.31. The van der Waals surface area contributed by atoms with Crippen molar-refractivity contribution < 1.29 is 19.1 Å². The van der Waals surface area contributed by atoms with E-state index in [-0.39, 0.29) is 18.4 Å². The predicted molar refractivity (Wildman–Crippen MR) is 137 cm³/mol. The zero-order valence-corrected chi connectivity index (χ0v) is 21.8. The molecule has 0 spiro atoms. The third-order valence-electron chi connectivity index (χ3n) is 6.08. The summed E-state index contributed by atoms with van der Waals surface area (Å²) >= 11 is 6.28. The Labute approximate surface area is 211 Å². The number of benzene rings is 1. The van der Waals surface area contributed by atoms with Gasteiger partial charge in [-0.2, -0.15) is 5.10 Å². The minimum Gasteiger partial charge on any atom is -0.454 e. The van der Waals surface area contributed by atoms with Gasteiger partial charge in [0.15, 0.2) is 6.61 Å². The molecule has 1 atom stereocenters. The van der Waals surface area contributed by atoms with Crippen molar-refractivity contribution in [3.8, 4) is 0 Å². The number of Topliss-reactive ketones (excluding diaryl/α,β-unsaturated/α-hetero) is 1. The van der Waals surface area contributed by atoms with E-state index < -0.39 is 5.97 Å². The largest absolute Gasteiger partial charge is 0.454 e. The number of methoxy groups -OCH3 is 1. The van der Waals surface area contributed by atoms with Gasteiger partial charge < -0.3 is 14.0 Å². The Morgan fingerprint density at radius 3 is 2.54 bits per heavy atom. The van der Waals surface area contributed by atoms with Crippen LogP contribution in [0, 0.1) is 27.7 Å². The van der Waals surface area contributed by atoms with E-state index >= 15 is 0 Å². The van der Waals surface area contributed by atoms with Crippen molar-refractivity contribution in [1.82, 2.24) is 14.3 Å². The molecule has 2 aromatic heterocycles. The molecular weight excluding hydrogens is 466 g/mol. The molecule has 1 aromatic carbocycles. The van der Waals surface area contributed by atoms with Gasteiger partial charge in [0.05, 0.1) is 24.9 Å². The molecule has 0 aliphatic rings. The lowest BCUT2D eigenvalue weighted by Crippen LogP contribution is -2.16. The minimum absolute atomic E-state index is 0.0948. The number of aromatic nitrogens is 3. The Morgan fingerprint density at radius 2 is 1.86 bits per heavy atom. The van der Waals surface area contributed by atoms with Gasteiger partial charge in [0, 0.05) is 46.4 Å². The number of rotatable bonds is 10. The SMILES string of the molecule is COCC(C)n1c(C)cc(C(=O)COC(=O)/C=C/c2c(C)nn(Cc3ccccc3Cl)c2C)c1C. The lowest BCUT2D eigenvalue weighted by atomic mass is 10.1. The Kier molecular flexibility index (Phi) is 8.70. The summed E-state index contributed by atoms with van der Waals surface area (Å²) in [6.07, 6.45) is 3.00. The number of hydrogen-bond acceptors (Lipinski definition) is 5. The zero-order chi connectivity index (χ0) is 25.7. The molecule has 186 valence electrons. The van der Waals surface area contributed by atoms with Gasteiger partial charge in [0.25, 0.3) is 0 Å². The van der Waals surface area contributed by atoms with Gasteiger partial charge >= 0.3 is 5.97 Å². The molecule has 0 saturated carbocycles. The summed E-state index contributed by atoms with van der Waals surface area (Å²) < 4.78 is 14.4. The lowest BCUT2D eigenvalue weighted by Gasteiger charge is -2.17. The highest BCUT2D eigenvalue weighted by Crippen LogP contribution is 2.22. The molecule has 35 heavy (non-hydrogen) atoms. The molecule has 0 aliphatic carbocycles. The summed E-state index contributed by atoms with van der Waals surface area (Å²) in [5.41, 5.74) is 5.82. The van der Waals surface area contributed by atoms with Crippen LogP contribution < -0.4 is 0 Å². The second kappa shape index (κ2) is 11.5. The summed E-state index contributed by atoms with van der Waals surface area (Å²) in [4.78, 5) is 25.1. The number of aryl methyl sites for hydroxylation is 2. The van der Waals surface area contributed by atoms with Crippen LogP contribution in [-0.4, -0.2) is 46.4 Å². The monoisotopic (exact) mass is 497 g/mol.